The van der Waals surface area contributed by atoms with Crippen LogP contribution >= 0.6 is 0 Å². The number of hydrogen-bond donors (Lipinski definition) is 2. The maximum absolute atomic E-state index is 13.6. The molecule has 0 saturated carbocycles. The van der Waals surface area contributed by atoms with E-state index in [2.05, 4.69) is 6.92 Å². The first-order valence-corrected chi connectivity index (χ1v) is 10.9. The Balaban J connectivity index is 1.75. The summed E-state index contributed by atoms with van der Waals surface area (Å²) >= 11 is 0. The zero-order valence-electron chi connectivity index (χ0n) is 15.3. The summed E-state index contributed by atoms with van der Waals surface area (Å²) in [5.41, 5.74) is 3.10. The van der Waals surface area contributed by atoms with Crippen LogP contribution in [0.4, 0.5) is 4.39 Å². The van der Waals surface area contributed by atoms with Gasteiger partial charge in [0.15, 0.2) is 21.4 Å². The average molecular weight is 396 g/mol. The lowest BCUT2D eigenvalue weighted by molar-refractivity contribution is 0.117. The summed E-state index contributed by atoms with van der Waals surface area (Å²) in [4.78, 5) is 0. The zero-order valence-corrected chi connectivity index (χ0v) is 16.1. The summed E-state index contributed by atoms with van der Waals surface area (Å²) in [6.07, 6.45) is 4.69. The first-order chi connectivity index (χ1) is 12.9. The molecule has 1 aromatic carbocycles. The summed E-state index contributed by atoms with van der Waals surface area (Å²) in [6, 6.07) is 4.28. The van der Waals surface area contributed by atoms with Gasteiger partial charge < -0.3 is 14.9 Å². The molecule has 0 aromatic heterocycles. The van der Waals surface area contributed by atoms with Gasteiger partial charge in [-0.2, -0.15) is 0 Å². The van der Waals surface area contributed by atoms with E-state index in [0.29, 0.717) is 24.0 Å². The fourth-order valence-electron chi connectivity index (χ4n) is 3.90. The number of aromatic hydroxyl groups is 1. The molecule has 148 valence electrons. The SMILES string of the molecule is CCC/C(=C\c1ccc(O)c(F)c1)CC[C@H]1OC[C@H]2C1=C(CO)CS2(=O)=O. The lowest BCUT2D eigenvalue weighted by Crippen LogP contribution is -2.19. The lowest BCUT2D eigenvalue weighted by atomic mass is 9.95. The van der Waals surface area contributed by atoms with Crippen molar-refractivity contribution >= 4 is 15.9 Å². The van der Waals surface area contributed by atoms with Crippen molar-refractivity contribution in [3.05, 3.63) is 46.3 Å². The largest absolute Gasteiger partial charge is 0.505 e. The van der Waals surface area contributed by atoms with Crippen LogP contribution in [0.1, 0.15) is 38.2 Å². The van der Waals surface area contributed by atoms with Gasteiger partial charge in [0.2, 0.25) is 0 Å². The van der Waals surface area contributed by atoms with E-state index in [9.17, 15) is 23.0 Å². The first-order valence-electron chi connectivity index (χ1n) is 9.19. The van der Waals surface area contributed by atoms with E-state index in [1.807, 2.05) is 6.08 Å². The van der Waals surface area contributed by atoms with Crippen molar-refractivity contribution in [1.29, 1.82) is 0 Å². The van der Waals surface area contributed by atoms with Gasteiger partial charge in [-0.05, 0) is 48.1 Å². The fraction of sp³-hybridized carbons (Fsp3) is 0.500. The highest BCUT2D eigenvalue weighted by Gasteiger charge is 2.46. The topological polar surface area (TPSA) is 83.8 Å². The van der Waals surface area contributed by atoms with Crippen LogP contribution in [-0.4, -0.2) is 49.0 Å². The predicted octanol–water partition coefficient (Wildman–Crippen LogP) is 2.98. The molecule has 0 aliphatic carbocycles. The molecule has 0 amide bonds. The predicted molar refractivity (Wildman–Crippen MR) is 102 cm³/mol. The Morgan fingerprint density at radius 2 is 2.15 bits per heavy atom. The third-order valence-electron chi connectivity index (χ3n) is 5.19. The molecule has 1 fully saturated rings. The zero-order chi connectivity index (χ0) is 19.6. The molecule has 0 spiro atoms. The Morgan fingerprint density at radius 3 is 2.81 bits per heavy atom. The van der Waals surface area contributed by atoms with Crippen molar-refractivity contribution in [2.45, 2.75) is 44.0 Å². The molecule has 1 aromatic rings. The van der Waals surface area contributed by atoms with E-state index < -0.39 is 20.9 Å². The van der Waals surface area contributed by atoms with Crippen molar-refractivity contribution in [3.8, 4) is 5.75 Å². The van der Waals surface area contributed by atoms with E-state index >= 15 is 0 Å². The molecule has 2 heterocycles. The Morgan fingerprint density at radius 1 is 1.37 bits per heavy atom. The number of phenolic OH excluding ortho intramolecular Hbond substituents is 1. The van der Waals surface area contributed by atoms with Crippen LogP contribution in [0.15, 0.2) is 34.9 Å². The molecule has 0 unspecified atom stereocenters. The monoisotopic (exact) mass is 396 g/mol. The normalized spacial score (nSPS) is 24.5. The summed E-state index contributed by atoms with van der Waals surface area (Å²) < 4.78 is 43.7. The molecule has 2 N–H and O–H groups in total. The number of allylic oxidation sites excluding steroid dienone is 1. The molecule has 7 heteroatoms. The molecule has 3 rings (SSSR count). The van der Waals surface area contributed by atoms with Gasteiger partial charge in [0.05, 0.1) is 25.1 Å². The number of hydrogen-bond acceptors (Lipinski definition) is 5. The molecule has 0 radical (unpaired) electrons. The second-order valence-electron chi connectivity index (χ2n) is 7.14. The van der Waals surface area contributed by atoms with E-state index in [4.69, 9.17) is 4.74 Å². The standard InChI is InChI=1S/C20H25FO5S/c1-2-3-13(8-14-4-6-17(23)16(21)9-14)5-7-18-20-15(10-22)12-27(24,25)19(20)11-26-18/h4,6,8-9,18-19,22-23H,2-3,5,7,10-12H2,1H3/b13-8+/t18-,19+/m1/s1. The highest BCUT2D eigenvalue weighted by molar-refractivity contribution is 7.92. The smallest absolute Gasteiger partial charge is 0.165 e. The van der Waals surface area contributed by atoms with Crippen molar-refractivity contribution in [2.24, 2.45) is 0 Å². The lowest BCUT2D eigenvalue weighted by Gasteiger charge is -2.15. The molecule has 2 aliphatic heterocycles. The molecule has 0 bridgehead atoms. The van der Waals surface area contributed by atoms with Gasteiger partial charge in [-0.25, -0.2) is 12.8 Å². The Bertz CT molecular complexity index is 872. The van der Waals surface area contributed by atoms with Gasteiger partial charge in [0.1, 0.15) is 5.25 Å². The number of sulfone groups is 1. The van der Waals surface area contributed by atoms with Gasteiger partial charge in [0, 0.05) is 0 Å². The quantitative estimate of drug-likeness (QED) is 0.693. The van der Waals surface area contributed by atoms with Crippen molar-refractivity contribution < 1.29 is 27.8 Å². The molecule has 27 heavy (non-hydrogen) atoms. The number of ether oxygens (including phenoxy) is 1. The van der Waals surface area contributed by atoms with Gasteiger partial charge in [-0.3, -0.25) is 0 Å². The van der Waals surface area contributed by atoms with E-state index in [1.54, 1.807) is 6.07 Å². The maximum atomic E-state index is 13.6. The fourth-order valence-corrected chi connectivity index (χ4v) is 5.84. The van der Waals surface area contributed by atoms with Crippen LogP contribution in [0, 0.1) is 5.82 Å². The number of rotatable bonds is 7. The summed E-state index contributed by atoms with van der Waals surface area (Å²) in [5, 5.41) is 18.2. The van der Waals surface area contributed by atoms with Crippen LogP contribution in [0.2, 0.25) is 0 Å². The van der Waals surface area contributed by atoms with Crippen LogP contribution < -0.4 is 0 Å². The van der Waals surface area contributed by atoms with Crippen LogP contribution in [0.5, 0.6) is 5.75 Å². The Kier molecular flexibility index (Phi) is 6.03. The summed E-state index contributed by atoms with van der Waals surface area (Å²) in [7, 11) is -3.26. The van der Waals surface area contributed by atoms with Gasteiger partial charge in [-0.15, -0.1) is 0 Å². The molecule has 2 aliphatic rings. The third-order valence-corrected chi connectivity index (χ3v) is 7.20. The van der Waals surface area contributed by atoms with Crippen LogP contribution in [-0.2, 0) is 14.6 Å². The van der Waals surface area contributed by atoms with E-state index in [-0.39, 0.29) is 30.8 Å². The molecule has 1 saturated heterocycles. The highest BCUT2D eigenvalue weighted by Crippen LogP contribution is 2.38. The summed E-state index contributed by atoms with van der Waals surface area (Å²) in [6.45, 7) is 1.96. The van der Waals surface area contributed by atoms with Gasteiger partial charge in [0.25, 0.3) is 0 Å². The van der Waals surface area contributed by atoms with Crippen molar-refractivity contribution in [1.82, 2.24) is 0 Å². The molecule has 2 atom stereocenters. The van der Waals surface area contributed by atoms with E-state index in [0.717, 1.165) is 24.0 Å². The minimum Gasteiger partial charge on any atom is -0.505 e. The summed E-state index contributed by atoms with van der Waals surface area (Å²) in [5.74, 6) is -1.11. The third kappa shape index (κ3) is 4.25. The van der Waals surface area contributed by atoms with Crippen molar-refractivity contribution in [3.63, 3.8) is 0 Å². The molecular formula is C20H25FO5S. The number of phenols is 1. The van der Waals surface area contributed by atoms with Crippen LogP contribution in [0.3, 0.4) is 0 Å². The maximum Gasteiger partial charge on any atom is 0.165 e. The Hall–Kier alpha value is -1.70. The number of aliphatic hydroxyl groups excluding tert-OH is 1. The number of fused-ring (bicyclic) bond motifs is 1. The van der Waals surface area contributed by atoms with E-state index in [1.165, 1.54) is 12.1 Å². The highest BCUT2D eigenvalue weighted by atomic mass is 32.2. The van der Waals surface area contributed by atoms with Crippen molar-refractivity contribution in [2.75, 3.05) is 19.0 Å². The van der Waals surface area contributed by atoms with Crippen LogP contribution in [0.25, 0.3) is 6.08 Å². The minimum absolute atomic E-state index is 0.0756. The number of halogens is 1. The number of aliphatic hydroxyl groups is 1. The second-order valence-corrected chi connectivity index (χ2v) is 9.32. The second kappa shape index (κ2) is 8.12. The number of benzene rings is 1. The average Bonchev–Trinajstić information content (AvgIpc) is 3.16. The molecular weight excluding hydrogens is 371 g/mol. The Labute approximate surface area is 159 Å². The molecule has 5 nitrogen and oxygen atoms in total. The first kappa shape index (κ1) is 20.0. The van der Waals surface area contributed by atoms with Gasteiger partial charge >= 0.3 is 0 Å². The minimum atomic E-state index is -3.26. The van der Waals surface area contributed by atoms with Gasteiger partial charge in [-0.1, -0.05) is 31.1 Å².